The Labute approximate surface area is 178 Å². The second kappa shape index (κ2) is 8.45. The van der Waals surface area contributed by atoms with Gasteiger partial charge in [-0.05, 0) is 63.8 Å². The Bertz CT molecular complexity index is 1190. The summed E-state index contributed by atoms with van der Waals surface area (Å²) < 4.78 is 13.5. The maximum Gasteiger partial charge on any atom is 0.459 e. The van der Waals surface area contributed by atoms with Crippen LogP contribution in [-0.4, -0.2) is 11.3 Å². The number of hydrogen-bond donors (Lipinski definition) is 0. The lowest BCUT2D eigenvalue weighted by Gasteiger charge is -2.11. The summed E-state index contributed by atoms with van der Waals surface area (Å²) in [5.41, 5.74) is 6.40. The van der Waals surface area contributed by atoms with E-state index in [0.717, 1.165) is 27.8 Å². The minimum Gasteiger partial charge on any atom is -0.289 e. The summed E-state index contributed by atoms with van der Waals surface area (Å²) in [5, 5.41) is 0.466. The number of benzene rings is 3. The van der Waals surface area contributed by atoms with E-state index in [-0.39, 0.29) is 11.3 Å². The first kappa shape index (κ1) is 21.8. The molecule has 0 spiro atoms. The topological polar surface area (TPSA) is 51.2 Å². The largest absolute Gasteiger partial charge is 0.459 e. The van der Waals surface area contributed by atoms with E-state index in [2.05, 4.69) is 0 Å². The van der Waals surface area contributed by atoms with Gasteiger partial charge in [-0.2, -0.15) is 0 Å². The van der Waals surface area contributed by atoms with Gasteiger partial charge in [0.1, 0.15) is 0 Å². The zero-order valence-corrected chi connectivity index (χ0v) is 19.2. The number of hydrogen-bond acceptors (Lipinski definition) is 3. The Kier molecular flexibility index (Phi) is 6.14. The third kappa shape index (κ3) is 3.78. The van der Waals surface area contributed by atoms with Gasteiger partial charge in [0.15, 0.2) is 5.78 Å². The molecule has 0 N–H and O–H groups in total. The summed E-state index contributed by atoms with van der Waals surface area (Å²) in [4.78, 5) is 26.3. The lowest BCUT2D eigenvalue weighted by Crippen LogP contribution is -2.17. The van der Waals surface area contributed by atoms with Crippen molar-refractivity contribution in [3.8, 4) is 0 Å². The predicted molar refractivity (Wildman–Crippen MR) is 123 cm³/mol. The van der Waals surface area contributed by atoms with Crippen LogP contribution in [-0.2, 0) is 4.57 Å². The molecular weight excluding hydrogens is 391 g/mol. The van der Waals surface area contributed by atoms with Gasteiger partial charge in [0, 0.05) is 22.3 Å². The van der Waals surface area contributed by atoms with Crippen LogP contribution in [0.25, 0.3) is 0 Å². The second-order valence-electron chi connectivity index (χ2n) is 7.83. The SMILES string of the molecule is Cc1cc(C)c(C(=O)[P+](=O)c2c(C)ccc(C(=O)c3ccccc3)c2C)c(C)c1C. The molecule has 0 aliphatic rings. The van der Waals surface area contributed by atoms with Crippen molar-refractivity contribution < 1.29 is 14.2 Å². The average molecular weight is 417 g/mol. The third-order valence-electron chi connectivity index (χ3n) is 5.87. The smallest absolute Gasteiger partial charge is 0.289 e. The minimum atomic E-state index is -2.36. The average Bonchev–Trinajstić information content (AvgIpc) is 2.72. The quantitative estimate of drug-likeness (QED) is 0.374. The van der Waals surface area contributed by atoms with E-state index < -0.39 is 7.80 Å². The van der Waals surface area contributed by atoms with Crippen molar-refractivity contribution in [3.63, 3.8) is 0 Å². The van der Waals surface area contributed by atoms with Crippen molar-refractivity contribution in [3.05, 3.63) is 98.6 Å². The van der Waals surface area contributed by atoms with Crippen LogP contribution in [0.5, 0.6) is 0 Å². The van der Waals surface area contributed by atoms with Crippen LogP contribution in [0, 0.1) is 41.5 Å². The molecule has 0 bridgehead atoms. The standard InChI is InChI=1S/C26H26O3P/c1-15-12-13-22(24(27)21-10-8-7-9-11-21)20(6)25(15)30(29)26(28)23-17(3)14-16(2)18(4)19(23)5/h7-14H,1-6H3/q+1. The van der Waals surface area contributed by atoms with Gasteiger partial charge in [-0.15, -0.1) is 0 Å². The second-order valence-corrected chi connectivity index (χ2v) is 9.28. The molecule has 0 saturated heterocycles. The van der Waals surface area contributed by atoms with Crippen LogP contribution in [0.3, 0.4) is 0 Å². The number of carbonyl (C=O) groups excluding carboxylic acids is 2. The summed E-state index contributed by atoms with van der Waals surface area (Å²) in [6.45, 7) is 11.4. The fourth-order valence-electron chi connectivity index (χ4n) is 3.96. The molecule has 0 saturated carbocycles. The van der Waals surface area contributed by atoms with Crippen molar-refractivity contribution in [2.45, 2.75) is 41.5 Å². The van der Waals surface area contributed by atoms with Crippen LogP contribution in [0.4, 0.5) is 0 Å². The van der Waals surface area contributed by atoms with Gasteiger partial charge in [-0.1, -0.05) is 53.1 Å². The molecule has 3 aromatic carbocycles. The van der Waals surface area contributed by atoms with Gasteiger partial charge in [0.05, 0.1) is 5.56 Å². The summed E-state index contributed by atoms with van der Waals surface area (Å²) in [5.74, 6) is -0.135. The molecule has 3 nitrogen and oxygen atoms in total. The molecule has 0 amide bonds. The molecule has 0 aromatic heterocycles. The van der Waals surface area contributed by atoms with Gasteiger partial charge in [0.2, 0.25) is 5.30 Å². The predicted octanol–water partition coefficient (Wildman–Crippen LogP) is 6.06. The van der Waals surface area contributed by atoms with E-state index in [0.29, 0.717) is 27.6 Å². The van der Waals surface area contributed by atoms with Crippen LogP contribution < -0.4 is 5.30 Å². The zero-order valence-electron chi connectivity index (χ0n) is 18.3. The fourth-order valence-corrected chi connectivity index (χ4v) is 5.53. The summed E-state index contributed by atoms with van der Waals surface area (Å²) in [6.07, 6.45) is 0. The van der Waals surface area contributed by atoms with Gasteiger partial charge >= 0.3 is 13.3 Å². The van der Waals surface area contributed by atoms with Crippen LogP contribution in [0.15, 0.2) is 48.5 Å². The minimum absolute atomic E-state index is 0.135. The zero-order chi connectivity index (χ0) is 22.2. The van der Waals surface area contributed by atoms with E-state index >= 15 is 0 Å². The molecule has 1 atom stereocenters. The Hall–Kier alpha value is -2.90. The highest BCUT2D eigenvalue weighted by Gasteiger charge is 2.39. The lowest BCUT2D eigenvalue weighted by atomic mass is 9.95. The number of carbonyl (C=O) groups is 2. The molecule has 0 radical (unpaired) electrons. The molecular formula is C26H26O3P+. The van der Waals surface area contributed by atoms with Crippen LogP contribution in [0.1, 0.15) is 59.7 Å². The van der Waals surface area contributed by atoms with Gasteiger partial charge in [-0.25, -0.2) is 4.79 Å². The first-order chi connectivity index (χ1) is 14.1. The molecule has 0 fully saturated rings. The van der Waals surface area contributed by atoms with E-state index in [1.54, 1.807) is 31.2 Å². The van der Waals surface area contributed by atoms with Crippen molar-refractivity contribution in [2.75, 3.05) is 0 Å². The Balaban J connectivity index is 2.11. The van der Waals surface area contributed by atoms with Crippen LogP contribution in [0.2, 0.25) is 0 Å². The fraction of sp³-hybridized carbons (Fsp3) is 0.231. The van der Waals surface area contributed by atoms with Crippen molar-refractivity contribution >= 4 is 24.4 Å². The Morgan fingerprint density at radius 3 is 1.97 bits per heavy atom. The van der Waals surface area contributed by atoms with Gasteiger partial charge in [0.25, 0.3) is 0 Å². The molecule has 0 heterocycles. The van der Waals surface area contributed by atoms with E-state index in [1.165, 1.54) is 0 Å². The lowest BCUT2D eigenvalue weighted by molar-refractivity contribution is 0.103. The molecule has 4 heteroatoms. The third-order valence-corrected chi connectivity index (χ3v) is 7.56. The van der Waals surface area contributed by atoms with Crippen molar-refractivity contribution in [1.29, 1.82) is 0 Å². The van der Waals surface area contributed by atoms with Gasteiger partial charge in [-0.3, -0.25) is 4.79 Å². The summed E-state index contributed by atoms with van der Waals surface area (Å²) >= 11 is 0. The molecule has 152 valence electrons. The van der Waals surface area contributed by atoms with E-state index in [1.807, 2.05) is 58.9 Å². The normalized spacial score (nSPS) is 11.3. The first-order valence-electron chi connectivity index (χ1n) is 9.94. The molecule has 30 heavy (non-hydrogen) atoms. The Morgan fingerprint density at radius 1 is 0.700 bits per heavy atom. The summed E-state index contributed by atoms with van der Waals surface area (Å²) in [6, 6.07) is 14.5. The highest BCUT2D eigenvalue weighted by molar-refractivity contribution is 7.71. The maximum absolute atomic E-state index is 13.5. The monoisotopic (exact) mass is 417 g/mol. The highest BCUT2D eigenvalue weighted by atomic mass is 31.1. The van der Waals surface area contributed by atoms with E-state index in [4.69, 9.17) is 0 Å². The molecule has 3 rings (SSSR count). The molecule has 0 aliphatic heterocycles. The van der Waals surface area contributed by atoms with Crippen molar-refractivity contribution in [2.24, 2.45) is 0 Å². The number of ketones is 1. The number of rotatable bonds is 5. The van der Waals surface area contributed by atoms with Crippen molar-refractivity contribution in [1.82, 2.24) is 0 Å². The molecule has 3 aromatic rings. The number of aryl methyl sites for hydroxylation is 3. The molecule has 1 unspecified atom stereocenters. The van der Waals surface area contributed by atoms with E-state index in [9.17, 15) is 14.2 Å². The highest BCUT2D eigenvalue weighted by Crippen LogP contribution is 2.34. The van der Waals surface area contributed by atoms with Crippen LogP contribution >= 0.6 is 7.80 Å². The Morgan fingerprint density at radius 2 is 1.33 bits per heavy atom. The molecule has 0 aliphatic carbocycles. The maximum atomic E-state index is 13.5. The van der Waals surface area contributed by atoms with Gasteiger partial charge < -0.3 is 0 Å². The first-order valence-corrected chi connectivity index (χ1v) is 11.2. The summed E-state index contributed by atoms with van der Waals surface area (Å²) in [7, 11) is -2.36.